The lowest BCUT2D eigenvalue weighted by Gasteiger charge is -2.44. The van der Waals surface area contributed by atoms with Gasteiger partial charge in [-0.25, -0.2) is 0 Å². The lowest BCUT2D eigenvalue weighted by atomic mass is 9.59. The highest BCUT2D eigenvalue weighted by molar-refractivity contribution is 5.90. The third-order valence-electron chi connectivity index (χ3n) is 19.6. The molecule has 0 atom stereocenters. The van der Waals surface area contributed by atoms with Crippen LogP contribution >= 0.6 is 0 Å². The summed E-state index contributed by atoms with van der Waals surface area (Å²) in [4.78, 5) is 0. The SMILES string of the molecule is CC1(C)c2cc3c(cc2C(C)(C)C1(C)C)C(c1cccc(-c2cccc(-c4ccccc4)c2)c1)(c1cccc(-c2cccc(-c4ccccc4)c2)c1)c1cc2c(cc1-3)C(C)(C)C(C)(C)C2(C)C. The van der Waals surface area contributed by atoms with Gasteiger partial charge >= 0.3 is 0 Å². The molecule has 0 aromatic heterocycles. The van der Waals surface area contributed by atoms with Crippen LogP contribution in [0.1, 0.15) is 128 Å². The summed E-state index contributed by atoms with van der Waals surface area (Å²) in [6.07, 6.45) is 0. The molecule has 0 amide bonds. The lowest BCUT2D eigenvalue weighted by Crippen LogP contribution is -2.42. The zero-order valence-corrected chi connectivity index (χ0v) is 41.8. The van der Waals surface area contributed by atoms with Gasteiger partial charge in [-0.15, -0.1) is 0 Å². The molecule has 0 saturated heterocycles. The molecule has 0 heterocycles. The van der Waals surface area contributed by atoms with Crippen molar-refractivity contribution in [3.63, 3.8) is 0 Å². The average molecular weight is 871 g/mol. The minimum absolute atomic E-state index is 0.0181. The zero-order valence-electron chi connectivity index (χ0n) is 41.8. The minimum atomic E-state index is -0.630. The third-order valence-corrected chi connectivity index (χ3v) is 19.6. The zero-order chi connectivity index (χ0) is 47.1. The summed E-state index contributed by atoms with van der Waals surface area (Å²) in [6, 6.07) is 69.7. The summed E-state index contributed by atoms with van der Waals surface area (Å²) in [5.74, 6) is 0. The van der Waals surface area contributed by atoms with E-state index in [1.807, 2.05) is 0 Å². The third kappa shape index (κ3) is 5.78. The smallest absolute Gasteiger partial charge is 0.0622 e. The summed E-state index contributed by atoms with van der Waals surface area (Å²) in [7, 11) is 0. The summed E-state index contributed by atoms with van der Waals surface area (Å²) in [5, 5.41) is 0. The Morgan fingerprint density at radius 2 is 0.493 bits per heavy atom. The first kappa shape index (κ1) is 43.3. The maximum atomic E-state index is 2.69. The Kier molecular flexibility index (Phi) is 9.31. The molecule has 8 aromatic carbocycles. The Labute approximate surface area is 401 Å². The van der Waals surface area contributed by atoms with Crippen molar-refractivity contribution in [1.29, 1.82) is 0 Å². The average Bonchev–Trinajstić information content (AvgIpc) is 3.72. The van der Waals surface area contributed by atoms with Gasteiger partial charge < -0.3 is 0 Å². The maximum Gasteiger partial charge on any atom is 0.0714 e. The van der Waals surface area contributed by atoms with Crippen molar-refractivity contribution in [2.45, 2.75) is 110 Å². The van der Waals surface area contributed by atoms with Crippen LogP contribution < -0.4 is 0 Å². The van der Waals surface area contributed by atoms with E-state index in [1.165, 1.54) is 100 Å². The Hall–Kier alpha value is -6.24. The molecule has 0 bridgehead atoms. The Morgan fingerprint density at radius 1 is 0.224 bits per heavy atom. The molecule has 3 aliphatic rings. The van der Waals surface area contributed by atoms with Crippen molar-refractivity contribution in [3.8, 4) is 55.6 Å². The number of rotatable bonds is 6. The van der Waals surface area contributed by atoms with Gasteiger partial charge in [0.25, 0.3) is 0 Å². The highest BCUT2D eigenvalue weighted by atomic mass is 14.6. The molecular formula is C67H66. The molecule has 67 heavy (non-hydrogen) atoms. The molecule has 0 heteroatoms. The van der Waals surface area contributed by atoms with Crippen molar-refractivity contribution >= 4 is 0 Å². The van der Waals surface area contributed by atoms with Gasteiger partial charge in [0.2, 0.25) is 0 Å². The van der Waals surface area contributed by atoms with Gasteiger partial charge in [0.05, 0.1) is 5.41 Å². The molecule has 8 aromatic rings. The first-order valence-electron chi connectivity index (χ1n) is 24.7. The topological polar surface area (TPSA) is 0 Å². The van der Waals surface area contributed by atoms with Crippen molar-refractivity contribution in [1.82, 2.24) is 0 Å². The predicted octanol–water partition coefficient (Wildman–Crippen LogP) is 17.9. The standard InChI is InChI=1S/C67H66/c1-61(2)57-39-53-54-40-58-60(64(7,8)66(11,12)62(58,3)4)42-56(54)67(55(53)41-59(57)63(5,6)65(61,9)10,51-33-21-31-49(37-51)47-29-19-27-45(35-47)43-23-15-13-16-24-43)52-34-22-32-50(38-52)48-30-20-28-46(36-48)44-25-17-14-18-26-44/h13-42H,1-12H3. The highest BCUT2D eigenvalue weighted by Gasteiger charge is 2.61. The Balaban J connectivity index is 1.25. The van der Waals surface area contributed by atoms with Crippen molar-refractivity contribution in [3.05, 3.63) is 226 Å². The van der Waals surface area contributed by atoms with Gasteiger partial charge in [-0.05, 0) is 169 Å². The van der Waals surface area contributed by atoms with Gasteiger partial charge in [0.1, 0.15) is 0 Å². The van der Waals surface area contributed by atoms with Gasteiger partial charge in [0.15, 0.2) is 0 Å². The van der Waals surface area contributed by atoms with E-state index in [0.717, 1.165) is 0 Å². The molecule has 0 spiro atoms. The van der Waals surface area contributed by atoms with Crippen LogP contribution in [0.5, 0.6) is 0 Å². The first-order valence-corrected chi connectivity index (χ1v) is 24.7. The monoisotopic (exact) mass is 871 g/mol. The molecule has 0 fully saturated rings. The van der Waals surface area contributed by atoms with Crippen LogP contribution in [0.2, 0.25) is 0 Å². The fraction of sp³-hybridized carbons (Fsp3) is 0.284. The van der Waals surface area contributed by atoms with E-state index in [2.05, 4.69) is 265 Å². The summed E-state index contributed by atoms with van der Waals surface area (Å²) < 4.78 is 0. The molecule has 0 nitrogen and oxygen atoms in total. The molecular weight excluding hydrogens is 805 g/mol. The molecule has 0 saturated carbocycles. The van der Waals surface area contributed by atoms with E-state index in [-0.39, 0.29) is 32.5 Å². The van der Waals surface area contributed by atoms with E-state index in [4.69, 9.17) is 0 Å². The second kappa shape index (κ2) is 14.4. The molecule has 11 rings (SSSR count). The fourth-order valence-electron chi connectivity index (χ4n) is 13.1. The molecule has 334 valence electrons. The quantitative estimate of drug-likeness (QED) is 0.156. The Morgan fingerprint density at radius 3 is 0.836 bits per heavy atom. The van der Waals surface area contributed by atoms with Crippen LogP contribution in [0, 0.1) is 10.8 Å². The van der Waals surface area contributed by atoms with Gasteiger partial charge in [-0.3, -0.25) is 0 Å². The molecule has 0 radical (unpaired) electrons. The van der Waals surface area contributed by atoms with E-state index < -0.39 is 5.41 Å². The Bertz CT molecular complexity index is 3050. The second-order valence-corrected chi connectivity index (χ2v) is 23.4. The first-order chi connectivity index (χ1) is 31.7. The maximum absolute atomic E-state index is 2.69. The number of benzene rings is 8. The van der Waals surface area contributed by atoms with E-state index in [1.54, 1.807) is 0 Å². The highest BCUT2D eigenvalue weighted by Crippen LogP contribution is 2.68. The van der Waals surface area contributed by atoms with E-state index >= 15 is 0 Å². The van der Waals surface area contributed by atoms with Gasteiger partial charge in [-0.2, -0.15) is 0 Å². The summed E-state index contributed by atoms with van der Waals surface area (Å²) in [6.45, 7) is 30.0. The van der Waals surface area contributed by atoms with Crippen LogP contribution in [-0.4, -0.2) is 0 Å². The van der Waals surface area contributed by atoms with Gasteiger partial charge in [-0.1, -0.05) is 229 Å². The summed E-state index contributed by atoms with van der Waals surface area (Å²) in [5.41, 5.74) is 23.1. The van der Waals surface area contributed by atoms with Crippen molar-refractivity contribution in [2.75, 3.05) is 0 Å². The van der Waals surface area contributed by atoms with Crippen LogP contribution in [0.25, 0.3) is 55.6 Å². The van der Waals surface area contributed by atoms with Gasteiger partial charge in [0, 0.05) is 0 Å². The largest absolute Gasteiger partial charge is 0.0714 e. The van der Waals surface area contributed by atoms with Crippen molar-refractivity contribution < 1.29 is 0 Å². The predicted molar refractivity (Wildman–Crippen MR) is 285 cm³/mol. The van der Waals surface area contributed by atoms with Crippen LogP contribution in [0.4, 0.5) is 0 Å². The lowest BCUT2D eigenvalue weighted by molar-refractivity contribution is 0.125. The number of fused-ring (bicyclic) bond motifs is 5. The molecule has 0 unspecified atom stereocenters. The number of hydrogen-bond donors (Lipinski definition) is 0. The fourth-order valence-corrected chi connectivity index (χ4v) is 13.1. The second-order valence-electron chi connectivity index (χ2n) is 23.4. The van der Waals surface area contributed by atoms with Crippen molar-refractivity contribution in [2.24, 2.45) is 10.8 Å². The van der Waals surface area contributed by atoms with Crippen LogP contribution in [-0.2, 0) is 27.1 Å². The van der Waals surface area contributed by atoms with E-state index in [0.29, 0.717) is 0 Å². The summed E-state index contributed by atoms with van der Waals surface area (Å²) >= 11 is 0. The minimum Gasteiger partial charge on any atom is -0.0622 e. The normalized spacial score (nSPS) is 19.0. The number of hydrogen-bond acceptors (Lipinski definition) is 0. The molecule has 0 aliphatic heterocycles. The van der Waals surface area contributed by atoms with E-state index in [9.17, 15) is 0 Å². The molecule has 0 N–H and O–H groups in total. The molecule has 3 aliphatic carbocycles. The van der Waals surface area contributed by atoms with Crippen LogP contribution in [0.15, 0.2) is 182 Å². The van der Waals surface area contributed by atoms with Crippen LogP contribution in [0.3, 0.4) is 0 Å².